The van der Waals surface area contributed by atoms with E-state index in [0.717, 1.165) is 25.8 Å². The molecule has 1 atom stereocenters. The molecule has 0 aliphatic carbocycles. The van der Waals surface area contributed by atoms with E-state index >= 15 is 0 Å². The minimum atomic E-state index is -0.381. The maximum atomic E-state index is 9.60. The van der Waals surface area contributed by atoms with Crippen molar-refractivity contribution >= 4 is 31.9 Å². The number of nitrogens with two attached hydrogens (primary N) is 1. The summed E-state index contributed by atoms with van der Waals surface area (Å²) in [5.74, 6) is 0.729. The minimum absolute atomic E-state index is 0.0609. The molecule has 0 spiro atoms. The molecule has 0 amide bonds. The normalized spacial score (nSPS) is 16.0. The highest BCUT2D eigenvalue weighted by Gasteiger charge is 2.34. The number of ether oxygens (including phenoxy) is 2. The first kappa shape index (κ1) is 17.6. The van der Waals surface area contributed by atoms with Gasteiger partial charge in [-0.05, 0) is 56.5 Å². The van der Waals surface area contributed by atoms with E-state index in [2.05, 4.69) is 54.7 Å². The largest absolute Gasteiger partial charge is 0.487 e. The molecule has 6 nitrogen and oxygen atoms in total. The Labute approximate surface area is 161 Å². The Bertz CT molecular complexity index is 904. The molecule has 0 fully saturated rings. The van der Waals surface area contributed by atoms with E-state index in [0.29, 0.717) is 23.8 Å². The monoisotopic (exact) mass is 464 g/mol. The van der Waals surface area contributed by atoms with Gasteiger partial charge in [-0.1, -0.05) is 12.7 Å². The highest BCUT2D eigenvalue weighted by atomic mass is 79.9. The maximum Gasteiger partial charge on any atom is 0.244 e. The average molecular weight is 466 g/mol. The quantitative estimate of drug-likeness (QED) is 0.664. The highest BCUT2D eigenvalue weighted by molar-refractivity contribution is 9.11. The van der Waals surface area contributed by atoms with Crippen molar-refractivity contribution in [2.75, 3.05) is 6.61 Å². The predicted octanol–water partition coefficient (Wildman–Crippen LogP) is 4.03. The molecule has 1 aliphatic heterocycles. The number of aryl methyl sites for hydroxylation is 1. The summed E-state index contributed by atoms with van der Waals surface area (Å²) < 4.78 is 12.6. The van der Waals surface area contributed by atoms with Crippen LogP contribution in [0.15, 0.2) is 45.2 Å². The third kappa shape index (κ3) is 3.05. The van der Waals surface area contributed by atoms with Crippen molar-refractivity contribution in [2.45, 2.75) is 12.8 Å². The Hall–Kier alpha value is -2.24. The standard InChI is InChI=1S/C17H14Br2N4O2/c1-3-4-24-15-11(18)5-9(6-12(15)19)14-10(7-20)16(21)25-17-13(14)8(2)22-23-17/h3,5-6,14H,1,4,21H2,2H3,(H,22,23)/t14-/m1/s1. The van der Waals surface area contributed by atoms with Crippen molar-refractivity contribution in [3.8, 4) is 17.7 Å². The molecule has 1 aromatic carbocycles. The highest BCUT2D eigenvalue weighted by Crippen LogP contribution is 2.45. The number of nitriles is 1. The van der Waals surface area contributed by atoms with Crippen LogP contribution in [0.2, 0.25) is 0 Å². The van der Waals surface area contributed by atoms with Gasteiger partial charge in [0.1, 0.15) is 24.0 Å². The number of H-pyrrole nitrogens is 1. The second kappa shape index (κ2) is 6.94. The number of nitrogens with one attached hydrogen (secondary N) is 1. The molecule has 0 saturated carbocycles. The summed E-state index contributed by atoms with van der Waals surface area (Å²) >= 11 is 7.05. The fourth-order valence-electron chi connectivity index (χ4n) is 2.76. The molecule has 0 bridgehead atoms. The van der Waals surface area contributed by atoms with Crippen LogP contribution in [0.5, 0.6) is 11.6 Å². The lowest BCUT2D eigenvalue weighted by molar-refractivity contribution is 0.358. The van der Waals surface area contributed by atoms with Gasteiger partial charge in [-0.15, -0.1) is 5.10 Å². The van der Waals surface area contributed by atoms with Crippen LogP contribution in [0.4, 0.5) is 0 Å². The zero-order valence-corrected chi connectivity index (χ0v) is 16.4. The molecule has 1 aliphatic rings. The number of aromatic amines is 1. The van der Waals surface area contributed by atoms with Gasteiger partial charge in [0.2, 0.25) is 11.8 Å². The molecule has 128 valence electrons. The molecule has 0 saturated heterocycles. The van der Waals surface area contributed by atoms with E-state index in [1.807, 2.05) is 19.1 Å². The van der Waals surface area contributed by atoms with Crippen molar-refractivity contribution < 1.29 is 9.47 Å². The van der Waals surface area contributed by atoms with E-state index in [4.69, 9.17) is 15.2 Å². The summed E-state index contributed by atoms with van der Waals surface area (Å²) in [6.45, 7) is 5.91. The van der Waals surface area contributed by atoms with Crippen molar-refractivity contribution in [3.05, 3.63) is 62.0 Å². The van der Waals surface area contributed by atoms with Gasteiger partial charge in [0.25, 0.3) is 0 Å². The lowest BCUT2D eigenvalue weighted by Gasteiger charge is -2.24. The SMILES string of the molecule is C=CCOc1c(Br)cc([C@@H]2C(C#N)=C(N)Oc3n[nH]c(C)c32)cc1Br. The fraction of sp³-hybridized carbons (Fsp3) is 0.176. The van der Waals surface area contributed by atoms with Gasteiger partial charge in [-0.3, -0.25) is 5.10 Å². The van der Waals surface area contributed by atoms with Crippen LogP contribution < -0.4 is 15.2 Å². The zero-order valence-electron chi connectivity index (χ0n) is 13.3. The molecule has 2 heterocycles. The summed E-state index contributed by atoms with van der Waals surface area (Å²) in [6, 6.07) is 5.97. The Kier molecular flexibility index (Phi) is 4.88. The summed E-state index contributed by atoms with van der Waals surface area (Å²) in [5, 5.41) is 16.6. The summed E-state index contributed by atoms with van der Waals surface area (Å²) in [7, 11) is 0. The van der Waals surface area contributed by atoms with Crippen LogP contribution in [0.3, 0.4) is 0 Å². The molecule has 3 N–H and O–H groups in total. The molecule has 0 unspecified atom stereocenters. The second-order valence-electron chi connectivity index (χ2n) is 5.41. The Morgan fingerprint density at radius 1 is 1.48 bits per heavy atom. The third-order valence-electron chi connectivity index (χ3n) is 3.83. The number of hydrogen-bond acceptors (Lipinski definition) is 5. The second-order valence-corrected chi connectivity index (χ2v) is 7.11. The number of aromatic nitrogens is 2. The number of halogens is 2. The topological polar surface area (TPSA) is 96.9 Å². The van der Waals surface area contributed by atoms with Gasteiger partial charge in [0.05, 0.1) is 14.9 Å². The van der Waals surface area contributed by atoms with Gasteiger partial charge in [0, 0.05) is 11.3 Å². The minimum Gasteiger partial charge on any atom is -0.487 e. The molecular weight excluding hydrogens is 452 g/mol. The van der Waals surface area contributed by atoms with Gasteiger partial charge >= 0.3 is 0 Å². The molecule has 1 aromatic heterocycles. The van der Waals surface area contributed by atoms with Gasteiger partial charge < -0.3 is 15.2 Å². The summed E-state index contributed by atoms with van der Waals surface area (Å²) in [6.07, 6.45) is 1.67. The molecule has 25 heavy (non-hydrogen) atoms. The fourth-order valence-corrected chi connectivity index (χ4v) is 4.21. The predicted molar refractivity (Wildman–Crippen MR) is 100 cm³/mol. The summed E-state index contributed by atoms with van der Waals surface area (Å²) in [5.41, 5.74) is 8.75. The van der Waals surface area contributed by atoms with Gasteiger partial charge in [-0.2, -0.15) is 5.26 Å². The number of allylic oxidation sites excluding steroid dienone is 1. The first-order valence-corrected chi connectivity index (χ1v) is 8.91. The molecular formula is C17H14Br2N4O2. The van der Waals surface area contributed by atoms with Crippen LogP contribution >= 0.6 is 31.9 Å². The van der Waals surface area contributed by atoms with E-state index in [9.17, 15) is 5.26 Å². The lowest BCUT2D eigenvalue weighted by atomic mass is 9.84. The van der Waals surface area contributed by atoms with E-state index in [-0.39, 0.29) is 11.8 Å². The lowest BCUT2D eigenvalue weighted by Crippen LogP contribution is -2.21. The smallest absolute Gasteiger partial charge is 0.244 e. The average Bonchev–Trinajstić information content (AvgIpc) is 2.93. The zero-order chi connectivity index (χ0) is 18.1. The number of nitrogens with zero attached hydrogens (tertiary/aromatic N) is 2. The third-order valence-corrected chi connectivity index (χ3v) is 5.01. The number of benzene rings is 1. The molecule has 2 aromatic rings. The maximum absolute atomic E-state index is 9.60. The Morgan fingerprint density at radius 2 is 2.16 bits per heavy atom. The molecule has 0 radical (unpaired) electrons. The first-order valence-electron chi connectivity index (χ1n) is 7.33. The molecule has 3 rings (SSSR count). The number of hydrogen-bond donors (Lipinski definition) is 2. The molecule has 8 heteroatoms. The Balaban J connectivity index is 2.16. The van der Waals surface area contributed by atoms with Crippen LogP contribution in [-0.4, -0.2) is 16.8 Å². The first-order chi connectivity index (χ1) is 12.0. The van der Waals surface area contributed by atoms with E-state index in [1.165, 1.54) is 0 Å². The van der Waals surface area contributed by atoms with Crippen LogP contribution in [0.1, 0.15) is 22.7 Å². The van der Waals surface area contributed by atoms with Crippen molar-refractivity contribution in [2.24, 2.45) is 5.73 Å². The summed E-state index contributed by atoms with van der Waals surface area (Å²) in [4.78, 5) is 0. The van der Waals surface area contributed by atoms with Crippen LogP contribution in [0, 0.1) is 18.3 Å². The number of rotatable bonds is 4. The van der Waals surface area contributed by atoms with Gasteiger partial charge in [-0.25, -0.2) is 0 Å². The van der Waals surface area contributed by atoms with Crippen molar-refractivity contribution in [3.63, 3.8) is 0 Å². The van der Waals surface area contributed by atoms with Gasteiger partial charge in [0.15, 0.2) is 0 Å². The van der Waals surface area contributed by atoms with E-state index in [1.54, 1.807) is 6.08 Å². The Morgan fingerprint density at radius 3 is 2.76 bits per heavy atom. The van der Waals surface area contributed by atoms with Crippen molar-refractivity contribution in [1.82, 2.24) is 10.2 Å². The van der Waals surface area contributed by atoms with Crippen LogP contribution in [-0.2, 0) is 0 Å². The van der Waals surface area contributed by atoms with Crippen molar-refractivity contribution in [1.29, 1.82) is 5.26 Å². The number of fused-ring (bicyclic) bond motifs is 1. The van der Waals surface area contributed by atoms with E-state index < -0.39 is 0 Å². The van der Waals surface area contributed by atoms with Crippen LogP contribution in [0.25, 0.3) is 0 Å².